The molecule has 14 heavy (non-hydrogen) atoms. The summed E-state index contributed by atoms with van der Waals surface area (Å²) >= 11 is 0. The fraction of sp³-hybridized carbons (Fsp3) is 0.273. The van der Waals surface area contributed by atoms with E-state index < -0.39 is 0 Å². The topological polar surface area (TPSA) is 41.5 Å². The molecule has 0 fully saturated rings. The molecular formula is C11H15NO2. The Bertz CT molecular complexity index is 310. The molecule has 0 amide bonds. The first-order valence-corrected chi connectivity index (χ1v) is 4.45. The number of benzene rings is 1. The van der Waals surface area contributed by atoms with Gasteiger partial charge in [0.2, 0.25) is 0 Å². The molecule has 0 radical (unpaired) electrons. The molecule has 76 valence electrons. The Morgan fingerprint density at radius 3 is 3.00 bits per heavy atom. The second-order valence-corrected chi connectivity index (χ2v) is 2.92. The predicted octanol–water partition coefficient (Wildman–Crippen LogP) is 1.68. The maximum Gasteiger partial charge on any atom is 0.127 e. The van der Waals surface area contributed by atoms with Crippen LogP contribution in [0.4, 0.5) is 0 Å². The summed E-state index contributed by atoms with van der Waals surface area (Å²) in [4.78, 5) is 0. The van der Waals surface area contributed by atoms with E-state index in [0.29, 0.717) is 12.3 Å². The van der Waals surface area contributed by atoms with Crippen LogP contribution in [-0.4, -0.2) is 18.8 Å². The summed E-state index contributed by atoms with van der Waals surface area (Å²) in [5.41, 5.74) is 1.02. The molecule has 2 N–H and O–H groups in total. The lowest BCUT2D eigenvalue weighted by molar-refractivity contribution is 0.401. The highest BCUT2D eigenvalue weighted by Gasteiger charge is 2.02. The van der Waals surface area contributed by atoms with Crippen molar-refractivity contribution >= 4 is 0 Å². The van der Waals surface area contributed by atoms with Gasteiger partial charge >= 0.3 is 0 Å². The summed E-state index contributed by atoms with van der Waals surface area (Å²) in [6.07, 6.45) is 1.80. The molecule has 0 bridgehead atoms. The van der Waals surface area contributed by atoms with Gasteiger partial charge in [-0.05, 0) is 6.07 Å². The molecule has 0 atom stereocenters. The minimum absolute atomic E-state index is 0.217. The molecule has 0 heterocycles. The first-order valence-electron chi connectivity index (χ1n) is 4.45. The van der Waals surface area contributed by atoms with Crippen molar-refractivity contribution in [2.24, 2.45) is 0 Å². The van der Waals surface area contributed by atoms with Crippen LogP contribution in [-0.2, 0) is 6.54 Å². The van der Waals surface area contributed by atoms with Crippen LogP contribution in [0, 0.1) is 0 Å². The van der Waals surface area contributed by atoms with E-state index in [2.05, 4.69) is 11.9 Å². The van der Waals surface area contributed by atoms with Crippen LogP contribution in [0.15, 0.2) is 30.9 Å². The van der Waals surface area contributed by atoms with Gasteiger partial charge < -0.3 is 15.2 Å². The number of rotatable bonds is 5. The molecule has 0 aliphatic rings. The van der Waals surface area contributed by atoms with Gasteiger partial charge in [-0.1, -0.05) is 12.1 Å². The molecule has 0 aromatic heterocycles. The zero-order valence-corrected chi connectivity index (χ0v) is 8.29. The lowest BCUT2D eigenvalue weighted by Crippen LogP contribution is -2.13. The van der Waals surface area contributed by atoms with E-state index in [4.69, 9.17) is 4.74 Å². The smallest absolute Gasteiger partial charge is 0.127 e. The van der Waals surface area contributed by atoms with Crippen LogP contribution in [0.1, 0.15) is 5.56 Å². The van der Waals surface area contributed by atoms with Gasteiger partial charge in [-0.2, -0.15) is 0 Å². The summed E-state index contributed by atoms with van der Waals surface area (Å²) < 4.78 is 5.13. The molecule has 3 heteroatoms. The summed E-state index contributed by atoms with van der Waals surface area (Å²) in [7, 11) is 1.59. The van der Waals surface area contributed by atoms with Crippen molar-refractivity contribution in [3.05, 3.63) is 36.4 Å². The number of methoxy groups -OCH3 is 1. The van der Waals surface area contributed by atoms with Gasteiger partial charge in [0.15, 0.2) is 0 Å². The zero-order chi connectivity index (χ0) is 10.4. The minimum atomic E-state index is 0.217. The van der Waals surface area contributed by atoms with E-state index >= 15 is 0 Å². The fourth-order valence-corrected chi connectivity index (χ4v) is 1.19. The zero-order valence-electron chi connectivity index (χ0n) is 8.29. The third-order valence-corrected chi connectivity index (χ3v) is 1.87. The lowest BCUT2D eigenvalue weighted by Gasteiger charge is -2.08. The molecule has 0 unspecified atom stereocenters. The molecule has 0 spiro atoms. The maximum atomic E-state index is 9.22. The Morgan fingerprint density at radius 1 is 1.57 bits per heavy atom. The fourth-order valence-electron chi connectivity index (χ4n) is 1.19. The standard InChI is InChI=1S/C11H15NO2/c1-3-6-12-8-9-4-5-10(13)7-11(9)14-2/h3-5,7,12-13H,1,6,8H2,2H3. The molecule has 0 aliphatic carbocycles. The van der Waals surface area contributed by atoms with Crippen molar-refractivity contribution in [1.29, 1.82) is 0 Å². The van der Waals surface area contributed by atoms with Crippen LogP contribution < -0.4 is 10.1 Å². The van der Waals surface area contributed by atoms with Crippen LogP contribution in [0.25, 0.3) is 0 Å². The Kier molecular flexibility index (Phi) is 4.01. The molecule has 1 aromatic rings. The summed E-state index contributed by atoms with van der Waals surface area (Å²) in [5.74, 6) is 0.913. The quantitative estimate of drug-likeness (QED) is 0.552. The van der Waals surface area contributed by atoms with Crippen molar-refractivity contribution in [2.45, 2.75) is 6.54 Å². The number of phenols is 1. The predicted molar refractivity (Wildman–Crippen MR) is 56.6 cm³/mol. The third kappa shape index (κ3) is 2.78. The van der Waals surface area contributed by atoms with E-state index in [9.17, 15) is 5.11 Å². The van der Waals surface area contributed by atoms with E-state index in [1.165, 1.54) is 0 Å². The lowest BCUT2D eigenvalue weighted by atomic mass is 10.2. The number of ether oxygens (including phenoxy) is 1. The SMILES string of the molecule is C=CCNCc1ccc(O)cc1OC. The van der Waals surface area contributed by atoms with Crippen LogP contribution in [0.2, 0.25) is 0 Å². The van der Waals surface area contributed by atoms with Crippen LogP contribution >= 0.6 is 0 Å². The highest BCUT2D eigenvalue weighted by Crippen LogP contribution is 2.23. The van der Waals surface area contributed by atoms with Crippen molar-refractivity contribution in [3.8, 4) is 11.5 Å². The van der Waals surface area contributed by atoms with E-state index in [0.717, 1.165) is 12.1 Å². The average molecular weight is 193 g/mol. The Hall–Kier alpha value is -1.48. The highest BCUT2D eigenvalue weighted by atomic mass is 16.5. The average Bonchev–Trinajstić information content (AvgIpc) is 2.20. The van der Waals surface area contributed by atoms with Gasteiger partial charge in [0.05, 0.1) is 7.11 Å². The number of nitrogens with one attached hydrogen (secondary N) is 1. The van der Waals surface area contributed by atoms with Crippen LogP contribution in [0.5, 0.6) is 11.5 Å². The van der Waals surface area contributed by atoms with Gasteiger partial charge in [-0.15, -0.1) is 6.58 Å². The minimum Gasteiger partial charge on any atom is -0.508 e. The second-order valence-electron chi connectivity index (χ2n) is 2.92. The normalized spacial score (nSPS) is 9.79. The number of aromatic hydroxyl groups is 1. The van der Waals surface area contributed by atoms with Crippen molar-refractivity contribution in [1.82, 2.24) is 5.32 Å². The number of hydrogen-bond acceptors (Lipinski definition) is 3. The Labute approximate surface area is 84.0 Å². The molecule has 1 aromatic carbocycles. The van der Waals surface area contributed by atoms with Gasteiger partial charge in [-0.3, -0.25) is 0 Å². The van der Waals surface area contributed by atoms with Crippen molar-refractivity contribution in [3.63, 3.8) is 0 Å². The maximum absolute atomic E-state index is 9.22. The second kappa shape index (κ2) is 5.29. The summed E-state index contributed by atoms with van der Waals surface area (Å²) in [5, 5.41) is 12.4. The van der Waals surface area contributed by atoms with E-state index in [1.54, 1.807) is 25.3 Å². The Balaban J connectivity index is 2.69. The largest absolute Gasteiger partial charge is 0.508 e. The van der Waals surface area contributed by atoms with Gasteiger partial charge in [0.1, 0.15) is 11.5 Å². The first kappa shape index (κ1) is 10.6. The van der Waals surface area contributed by atoms with E-state index in [-0.39, 0.29) is 5.75 Å². The Morgan fingerprint density at radius 2 is 2.36 bits per heavy atom. The van der Waals surface area contributed by atoms with E-state index in [1.807, 2.05) is 6.07 Å². The summed E-state index contributed by atoms with van der Waals surface area (Å²) in [6.45, 7) is 5.07. The molecule has 3 nitrogen and oxygen atoms in total. The van der Waals surface area contributed by atoms with Crippen LogP contribution in [0.3, 0.4) is 0 Å². The van der Waals surface area contributed by atoms with Gasteiger partial charge in [0, 0.05) is 24.7 Å². The molecule has 1 rings (SSSR count). The highest BCUT2D eigenvalue weighted by molar-refractivity contribution is 5.39. The monoisotopic (exact) mass is 193 g/mol. The van der Waals surface area contributed by atoms with Crippen molar-refractivity contribution < 1.29 is 9.84 Å². The summed E-state index contributed by atoms with van der Waals surface area (Å²) in [6, 6.07) is 5.09. The van der Waals surface area contributed by atoms with Gasteiger partial charge in [0.25, 0.3) is 0 Å². The first-order chi connectivity index (χ1) is 6.77. The van der Waals surface area contributed by atoms with Gasteiger partial charge in [-0.25, -0.2) is 0 Å². The number of phenolic OH excluding ortho intramolecular Hbond substituents is 1. The third-order valence-electron chi connectivity index (χ3n) is 1.87. The molecular weight excluding hydrogens is 178 g/mol. The van der Waals surface area contributed by atoms with Crippen molar-refractivity contribution in [2.75, 3.05) is 13.7 Å². The molecule has 0 aliphatic heterocycles. The molecule has 0 saturated heterocycles. The molecule has 0 saturated carbocycles. The number of hydrogen-bond donors (Lipinski definition) is 2.